The normalized spacial score (nSPS) is 14.8. The van der Waals surface area contributed by atoms with Gasteiger partial charge in [-0.25, -0.2) is 9.07 Å². The van der Waals surface area contributed by atoms with Gasteiger partial charge in [-0.1, -0.05) is 5.21 Å². The molecule has 1 aliphatic rings. The van der Waals surface area contributed by atoms with Crippen LogP contribution in [-0.2, 0) is 6.54 Å². The van der Waals surface area contributed by atoms with Gasteiger partial charge in [-0.3, -0.25) is 9.69 Å². The Morgan fingerprint density at radius 2 is 1.97 bits per heavy atom. The average Bonchev–Trinajstić information content (AvgIpc) is 3.48. The molecule has 164 valence electrons. The van der Waals surface area contributed by atoms with Crippen molar-refractivity contribution in [3.63, 3.8) is 0 Å². The Morgan fingerprint density at radius 3 is 2.75 bits per heavy atom. The Bertz CT molecular complexity index is 1260. The molecule has 0 spiro atoms. The lowest BCUT2D eigenvalue weighted by atomic mass is 10.1. The summed E-state index contributed by atoms with van der Waals surface area (Å²) >= 11 is 0. The summed E-state index contributed by atoms with van der Waals surface area (Å²) in [5.41, 5.74) is 3.17. The number of aromatic amines is 1. The molecule has 0 atom stereocenters. The van der Waals surface area contributed by atoms with Crippen molar-refractivity contribution in [1.82, 2.24) is 29.8 Å². The van der Waals surface area contributed by atoms with Crippen LogP contribution in [-0.4, -0.2) is 69.0 Å². The molecule has 0 radical (unpaired) electrons. The summed E-state index contributed by atoms with van der Waals surface area (Å²) in [5.74, 6) is -0.212. The number of amides is 1. The predicted octanol–water partition coefficient (Wildman–Crippen LogP) is 2.85. The first-order valence-corrected chi connectivity index (χ1v) is 10.4. The first kappa shape index (κ1) is 20.2. The molecule has 8 nitrogen and oxygen atoms in total. The highest BCUT2D eigenvalue weighted by atomic mass is 19.1. The number of aromatic nitrogens is 4. The monoisotopic (exact) mass is 434 g/mol. The predicted molar refractivity (Wildman–Crippen MR) is 117 cm³/mol. The quantitative estimate of drug-likeness (QED) is 0.523. The highest BCUT2D eigenvalue weighted by Gasteiger charge is 2.23. The number of fused-ring (bicyclic) bond motifs is 1. The van der Waals surface area contributed by atoms with E-state index in [-0.39, 0.29) is 11.7 Å². The van der Waals surface area contributed by atoms with E-state index in [2.05, 4.69) is 20.2 Å². The second-order valence-corrected chi connectivity index (χ2v) is 7.80. The lowest BCUT2D eigenvalue weighted by molar-refractivity contribution is 0.0626. The maximum absolute atomic E-state index is 14.1. The second kappa shape index (κ2) is 8.43. The molecular formula is C23H23FN6O2. The standard InChI is InChI=1S/C23H23FN6O2/c1-32-22-5-3-18(13-20(22)24)30-19(14-26-27-30)15-28-8-10-29(11-9-28)23(31)17-2-4-21-16(12-17)6-7-25-21/h2-7,12-14,25H,8-11,15H2,1H3. The molecule has 1 fully saturated rings. The SMILES string of the molecule is COc1ccc(-n2nncc2CN2CCN(C(=O)c3ccc4[nH]ccc4c3)CC2)cc1F. The van der Waals surface area contributed by atoms with Gasteiger partial charge in [0, 0.05) is 61.5 Å². The van der Waals surface area contributed by atoms with Crippen LogP contribution in [0.3, 0.4) is 0 Å². The zero-order valence-electron chi connectivity index (χ0n) is 17.7. The van der Waals surface area contributed by atoms with Crippen molar-refractivity contribution >= 4 is 16.8 Å². The maximum atomic E-state index is 14.1. The highest BCUT2D eigenvalue weighted by Crippen LogP contribution is 2.21. The number of piperazine rings is 1. The lowest BCUT2D eigenvalue weighted by Crippen LogP contribution is -2.48. The molecule has 1 amide bonds. The summed E-state index contributed by atoms with van der Waals surface area (Å²) in [6.45, 7) is 3.37. The molecule has 5 rings (SSSR count). The number of nitrogens with one attached hydrogen (secondary N) is 1. The van der Waals surface area contributed by atoms with Gasteiger partial charge in [-0.2, -0.15) is 0 Å². The molecule has 4 aromatic rings. The maximum Gasteiger partial charge on any atom is 0.253 e. The van der Waals surface area contributed by atoms with Crippen LogP contribution in [0.5, 0.6) is 5.75 Å². The van der Waals surface area contributed by atoms with Crippen LogP contribution in [0.15, 0.2) is 54.9 Å². The molecule has 0 saturated carbocycles. The third-order valence-corrected chi connectivity index (χ3v) is 5.85. The van der Waals surface area contributed by atoms with Gasteiger partial charge < -0.3 is 14.6 Å². The van der Waals surface area contributed by atoms with E-state index >= 15 is 0 Å². The van der Waals surface area contributed by atoms with E-state index < -0.39 is 5.82 Å². The molecule has 2 aromatic heterocycles. The number of nitrogens with zero attached hydrogens (tertiary/aromatic N) is 5. The van der Waals surface area contributed by atoms with Crippen LogP contribution in [0.1, 0.15) is 16.1 Å². The lowest BCUT2D eigenvalue weighted by Gasteiger charge is -2.34. The summed E-state index contributed by atoms with van der Waals surface area (Å²) in [6.07, 6.45) is 3.56. The number of hydrogen-bond acceptors (Lipinski definition) is 5. The Kier molecular flexibility index (Phi) is 5.32. The van der Waals surface area contributed by atoms with Gasteiger partial charge in [0.05, 0.1) is 24.7 Å². The van der Waals surface area contributed by atoms with Gasteiger partial charge in [-0.15, -0.1) is 5.10 Å². The largest absolute Gasteiger partial charge is 0.494 e. The van der Waals surface area contributed by atoms with E-state index in [1.54, 1.807) is 23.0 Å². The van der Waals surface area contributed by atoms with E-state index in [0.717, 1.165) is 29.7 Å². The number of H-pyrrole nitrogens is 1. The first-order valence-electron chi connectivity index (χ1n) is 10.4. The molecule has 0 bridgehead atoms. The van der Waals surface area contributed by atoms with Gasteiger partial charge in [0.15, 0.2) is 11.6 Å². The minimum atomic E-state index is -0.448. The number of halogens is 1. The molecule has 2 aromatic carbocycles. The number of rotatable bonds is 5. The summed E-state index contributed by atoms with van der Waals surface area (Å²) < 4.78 is 20.7. The van der Waals surface area contributed by atoms with Crippen LogP contribution >= 0.6 is 0 Å². The van der Waals surface area contributed by atoms with Gasteiger partial charge in [-0.05, 0) is 36.4 Å². The van der Waals surface area contributed by atoms with Crippen LogP contribution in [0.2, 0.25) is 0 Å². The van der Waals surface area contributed by atoms with Crippen molar-refractivity contribution in [3.05, 3.63) is 71.9 Å². The number of carbonyl (C=O) groups is 1. The average molecular weight is 434 g/mol. The number of methoxy groups -OCH3 is 1. The van der Waals surface area contributed by atoms with Gasteiger partial charge >= 0.3 is 0 Å². The summed E-state index contributed by atoms with van der Waals surface area (Å²) in [4.78, 5) is 20.2. The minimum absolute atomic E-state index is 0.0492. The Morgan fingerprint density at radius 1 is 1.12 bits per heavy atom. The van der Waals surface area contributed by atoms with Crippen molar-refractivity contribution in [2.75, 3.05) is 33.3 Å². The van der Waals surface area contributed by atoms with Crippen molar-refractivity contribution in [2.24, 2.45) is 0 Å². The summed E-state index contributed by atoms with van der Waals surface area (Å²) in [5, 5.41) is 9.15. The third-order valence-electron chi connectivity index (χ3n) is 5.85. The molecule has 32 heavy (non-hydrogen) atoms. The molecule has 0 aliphatic carbocycles. The first-order chi connectivity index (χ1) is 15.6. The molecule has 0 unspecified atom stereocenters. The fourth-order valence-electron chi connectivity index (χ4n) is 4.08. The second-order valence-electron chi connectivity index (χ2n) is 7.80. The van der Waals surface area contributed by atoms with Crippen molar-refractivity contribution < 1.29 is 13.9 Å². The van der Waals surface area contributed by atoms with Crippen LogP contribution in [0, 0.1) is 5.82 Å². The van der Waals surface area contributed by atoms with Crippen LogP contribution < -0.4 is 4.74 Å². The topological polar surface area (TPSA) is 79.3 Å². The molecule has 9 heteroatoms. The third kappa shape index (κ3) is 3.82. The zero-order chi connectivity index (χ0) is 22.1. The molecular weight excluding hydrogens is 411 g/mol. The molecule has 3 heterocycles. The van der Waals surface area contributed by atoms with E-state index in [1.165, 1.54) is 13.2 Å². The minimum Gasteiger partial charge on any atom is -0.494 e. The summed E-state index contributed by atoms with van der Waals surface area (Å²) in [6, 6.07) is 12.4. The number of hydrogen-bond donors (Lipinski definition) is 1. The molecule has 1 N–H and O–H groups in total. The van der Waals surface area contributed by atoms with Gasteiger partial charge in [0.2, 0.25) is 0 Å². The zero-order valence-corrected chi connectivity index (χ0v) is 17.7. The summed E-state index contributed by atoms with van der Waals surface area (Å²) in [7, 11) is 1.43. The van der Waals surface area contributed by atoms with E-state index in [0.29, 0.717) is 30.9 Å². The Balaban J connectivity index is 1.23. The van der Waals surface area contributed by atoms with E-state index in [1.807, 2.05) is 35.4 Å². The number of carbonyl (C=O) groups excluding carboxylic acids is 1. The Hall–Kier alpha value is -3.72. The van der Waals surface area contributed by atoms with Crippen LogP contribution in [0.4, 0.5) is 4.39 Å². The van der Waals surface area contributed by atoms with Crippen LogP contribution in [0.25, 0.3) is 16.6 Å². The smallest absolute Gasteiger partial charge is 0.253 e. The highest BCUT2D eigenvalue weighted by molar-refractivity contribution is 5.98. The van der Waals surface area contributed by atoms with Gasteiger partial charge in [0.25, 0.3) is 5.91 Å². The van der Waals surface area contributed by atoms with Crippen molar-refractivity contribution in [2.45, 2.75) is 6.54 Å². The Labute approximate surface area is 184 Å². The van der Waals surface area contributed by atoms with E-state index in [9.17, 15) is 9.18 Å². The molecule has 1 aliphatic heterocycles. The van der Waals surface area contributed by atoms with Crippen molar-refractivity contribution in [3.8, 4) is 11.4 Å². The van der Waals surface area contributed by atoms with Crippen molar-refractivity contribution in [1.29, 1.82) is 0 Å². The molecule has 1 saturated heterocycles. The van der Waals surface area contributed by atoms with E-state index in [4.69, 9.17) is 4.74 Å². The number of benzene rings is 2. The fourth-order valence-corrected chi connectivity index (χ4v) is 4.08. The van der Waals surface area contributed by atoms with Gasteiger partial charge in [0.1, 0.15) is 0 Å². The fraction of sp³-hybridized carbons (Fsp3) is 0.261. The number of ether oxygens (including phenoxy) is 1.